The minimum absolute atomic E-state index is 0.0142. The predicted molar refractivity (Wildman–Crippen MR) is 77.3 cm³/mol. The van der Waals surface area contributed by atoms with Crippen LogP contribution in [0.1, 0.15) is 43.6 Å². The molecule has 0 N–H and O–H groups in total. The number of hydrogen-bond acceptors (Lipinski definition) is 4. The van der Waals surface area contributed by atoms with Crippen molar-refractivity contribution in [1.82, 2.24) is 14.9 Å². The molecule has 3 rings (SSSR count). The minimum Gasteiger partial charge on any atom is -0.468 e. The normalized spacial score (nSPS) is 16.1. The van der Waals surface area contributed by atoms with Crippen molar-refractivity contribution in [1.29, 1.82) is 0 Å². The van der Waals surface area contributed by atoms with Crippen LogP contribution < -0.4 is 0 Å². The molecule has 0 fully saturated rings. The van der Waals surface area contributed by atoms with Crippen LogP contribution >= 0.6 is 0 Å². The molecule has 0 spiro atoms. The molecule has 4 nitrogen and oxygen atoms in total. The molecular weight excluding hydrogens is 250 g/mol. The van der Waals surface area contributed by atoms with Gasteiger partial charge in [0, 0.05) is 42.4 Å². The number of rotatable bonds is 2. The van der Waals surface area contributed by atoms with Crippen molar-refractivity contribution in [2.75, 3.05) is 6.54 Å². The van der Waals surface area contributed by atoms with Gasteiger partial charge in [-0.05, 0) is 12.1 Å². The third kappa shape index (κ3) is 2.75. The van der Waals surface area contributed by atoms with Gasteiger partial charge < -0.3 is 4.42 Å². The van der Waals surface area contributed by atoms with Crippen molar-refractivity contribution in [2.45, 2.75) is 45.7 Å². The molecule has 0 aliphatic carbocycles. The quantitative estimate of drug-likeness (QED) is 0.842. The highest BCUT2D eigenvalue weighted by molar-refractivity contribution is 5.22. The lowest BCUT2D eigenvalue weighted by molar-refractivity contribution is 0.223. The highest BCUT2D eigenvalue weighted by Gasteiger charge is 2.23. The van der Waals surface area contributed by atoms with E-state index in [1.54, 1.807) is 6.26 Å². The Hall–Kier alpha value is -1.68. The Morgan fingerprint density at radius 2 is 2.20 bits per heavy atom. The molecular formula is C16H21N3O. The average Bonchev–Trinajstić information content (AvgIpc) is 2.90. The molecule has 2 aromatic heterocycles. The molecule has 0 radical (unpaired) electrons. The van der Waals surface area contributed by atoms with E-state index in [0.717, 1.165) is 37.6 Å². The van der Waals surface area contributed by atoms with Gasteiger partial charge in [0.1, 0.15) is 11.6 Å². The van der Waals surface area contributed by atoms with Crippen molar-refractivity contribution >= 4 is 0 Å². The second-order valence-electron chi connectivity index (χ2n) is 6.46. The van der Waals surface area contributed by atoms with E-state index in [0.29, 0.717) is 0 Å². The van der Waals surface area contributed by atoms with E-state index in [-0.39, 0.29) is 5.41 Å². The Morgan fingerprint density at radius 1 is 1.35 bits per heavy atom. The Morgan fingerprint density at radius 3 is 2.90 bits per heavy atom. The van der Waals surface area contributed by atoms with E-state index in [1.807, 2.05) is 18.3 Å². The average molecular weight is 271 g/mol. The van der Waals surface area contributed by atoms with Gasteiger partial charge in [-0.1, -0.05) is 20.8 Å². The molecule has 0 saturated heterocycles. The second kappa shape index (κ2) is 5.02. The van der Waals surface area contributed by atoms with Crippen molar-refractivity contribution in [3.8, 4) is 0 Å². The predicted octanol–water partition coefficient (Wildman–Crippen LogP) is 2.93. The van der Waals surface area contributed by atoms with Gasteiger partial charge in [-0.25, -0.2) is 9.97 Å². The molecule has 4 heteroatoms. The smallest absolute Gasteiger partial charge is 0.133 e. The molecule has 2 aromatic rings. The van der Waals surface area contributed by atoms with Crippen LogP contribution in [-0.2, 0) is 24.9 Å². The van der Waals surface area contributed by atoms with Gasteiger partial charge in [0.25, 0.3) is 0 Å². The first-order chi connectivity index (χ1) is 9.52. The summed E-state index contributed by atoms with van der Waals surface area (Å²) in [6.45, 7) is 9.24. The van der Waals surface area contributed by atoms with Gasteiger partial charge in [0.15, 0.2) is 0 Å². The highest BCUT2D eigenvalue weighted by Crippen LogP contribution is 2.23. The first-order valence-electron chi connectivity index (χ1n) is 7.12. The van der Waals surface area contributed by atoms with E-state index in [1.165, 1.54) is 11.3 Å². The van der Waals surface area contributed by atoms with Crippen molar-refractivity contribution in [2.24, 2.45) is 0 Å². The lowest BCUT2D eigenvalue weighted by atomic mass is 9.95. The first kappa shape index (κ1) is 13.3. The topological polar surface area (TPSA) is 42.2 Å². The summed E-state index contributed by atoms with van der Waals surface area (Å²) >= 11 is 0. The highest BCUT2D eigenvalue weighted by atomic mass is 16.3. The maximum absolute atomic E-state index is 5.42. The maximum Gasteiger partial charge on any atom is 0.133 e. The van der Waals surface area contributed by atoms with Crippen LogP contribution in [0, 0.1) is 0 Å². The van der Waals surface area contributed by atoms with Gasteiger partial charge in [-0.15, -0.1) is 0 Å². The van der Waals surface area contributed by atoms with Crippen LogP contribution in [0.25, 0.3) is 0 Å². The van der Waals surface area contributed by atoms with Gasteiger partial charge in [-0.2, -0.15) is 0 Å². The van der Waals surface area contributed by atoms with Crippen molar-refractivity contribution < 1.29 is 4.42 Å². The molecule has 0 unspecified atom stereocenters. The zero-order valence-corrected chi connectivity index (χ0v) is 12.4. The lowest BCUT2D eigenvalue weighted by Crippen LogP contribution is -2.31. The summed E-state index contributed by atoms with van der Waals surface area (Å²) in [6.07, 6.45) is 4.71. The molecule has 3 heterocycles. The number of furan rings is 1. The lowest BCUT2D eigenvalue weighted by Gasteiger charge is -2.28. The summed E-state index contributed by atoms with van der Waals surface area (Å²) in [5.41, 5.74) is 2.47. The fourth-order valence-corrected chi connectivity index (χ4v) is 2.49. The fraction of sp³-hybridized carbons (Fsp3) is 0.500. The summed E-state index contributed by atoms with van der Waals surface area (Å²) in [5.74, 6) is 1.96. The van der Waals surface area contributed by atoms with Crippen LogP contribution in [0.4, 0.5) is 0 Å². The molecule has 0 atom stereocenters. The van der Waals surface area contributed by atoms with Gasteiger partial charge in [0.2, 0.25) is 0 Å². The number of hydrogen-bond donors (Lipinski definition) is 0. The van der Waals surface area contributed by atoms with E-state index in [4.69, 9.17) is 9.40 Å². The third-order valence-electron chi connectivity index (χ3n) is 3.64. The van der Waals surface area contributed by atoms with Gasteiger partial charge in [-0.3, -0.25) is 4.90 Å². The molecule has 106 valence electrons. The van der Waals surface area contributed by atoms with Crippen LogP contribution in [0.3, 0.4) is 0 Å². The van der Waals surface area contributed by atoms with Crippen LogP contribution in [0.2, 0.25) is 0 Å². The fourth-order valence-electron chi connectivity index (χ4n) is 2.49. The summed E-state index contributed by atoms with van der Waals surface area (Å²) in [5, 5.41) is 0. The first-order valence-corrected chi connectivity index (χ1v) is 7.12. The summed E-state index contributed by atoms with van der Waals surface area (Å²) in [7, 11) is 0. The minimum atomic E-state index is 0.0142. The zero-order valence-electron chi connectivity index (χ0n) is 12.4. The molecule has 0 amide bonds. The number of fused-ring (bicyclic) bond motifs is 1. The molecule has 0 saturated carbocycles. The van der Waals surface area contributed by atoms with E-state index in [2.05, 4.69) is 30.7 Å². The Balaban J connectivity index is 1.75. The molecule has 0 bridgehead atoms. The van der Waals surface area contributed by atoms with Crippen LogP contribution in [0.5, 0.6) is 0 Å². The monoisotopic (exact) mass is 271 g/mol. The van der Waals surface area contributed by atoms with Crippen molar-refractivity contribution in [3.05, 3.63) is 47.4 Å². The zero-order chi connectivity index (χ0) is 14.2. The van der Waals surface area contributed by atoms with E-state index >= 15 is 0 Å². The van der Waals surface area contributed by atoms with Gasteiger partial charge >= 0.3 is 0 Å². The van der Waals surface area contributed by atoms with E-state index in [9.17, 15) is 0 Å². The Labute approximate surface area is 119 Å². The largest absolute Gasteiger partial charge is 0.468 e. The number of aromatic nitrogens is 2. The SMILES string of the molecule is CC(C)(C)c1ncc2c(n1)CCN(Cc1ccco1)C2. The molecule has 20 heavy (non-hydrogen) atoms. The molecule has 0 aromatic carbocycles. The van der Waals surface area contributed by atoms with Crippen LogP contribution in [0.15, 0.2) is 29.0 Å². The third-order valence-corrected chi connectivity index (χ3v) is 3.64. The maximum atomic E-state index is 5.42. The Kier molecular flexibility index (Phi) is 3.34. The summed E-state index contributed by atoms with van der Waals surface area (Å²) in [6, 6.07) is 3.96. The molecule has 1 aliphatic heterocycles. The summed E-state index contributed by atoms with van der Waals surface area (Å²) < 4.78 is 5.42. The Bertz CT molecular complexity index is 584. The number of nitrogens with zero attached hydrogens (tertiary/aromatic N) is 3. The molecule has 1 aliphatic rings. The second-order valence-corrected chi connectivity index (χ2v) is 6.46. The van der Waals surface area contributed by atoms with Gasteiger partial charge in [0.05, 0.1) is 12.8 Å². The van der Waals surface area contributed by atoms with Crippen LogP contribution in [-0.4, -0.2) is 21.4 Å². The van der Waals surface area contributed by atoms with E-state index < -0.39 is 0 Å². The van der Waals surface area contributed by atoms with Crippen molar-refractivity contribution in [3.63, 3.8) is 0 Å². The standard InChI is InChI=1S/C16H21N3O/c1-16(2,3)15-17-9-12-10-19(7-6-14(12)18-15)11-13-5-4-8-20-13/h4-5,8-9H,6-7,10-11H2,1-3H3. The summed E-state index contributed by atoms with van der Waals surface area (Å²) in [4.78, 5) is 11.7.